The molecule has 0 bridgehead atoms. The van der Waals surface area contributed by atoms with E-state index in [0.29, 0.717) is 35.3 Å². The van der Waals surface area contributed by atoms with Crippen LogP contribution in [-0.4, -0.2) is 65.0 Å². The van der Waals surface area contributed by atoms with Crippen molar-refractivity contribution in [3.05, 3.63) is 52.7 Å². The lowest BCUT2D eigenvalue weighted by Gasteiger charge is -2.28. The minimum Gasteiger partial charge on any atom is -0.508 e. The maximum absolute atomic E-state index is 11.7. The number of aromatic nitrogens is 1. The minimum atomic E-state index is -0.144. The summed E-state index contributed by atoms with van der Waals surface area (Å²) < 4.78 is 5.52. The number of nitrogens with one attached hydrogen (secondary N) is 1. The summed E-state index contributed by atoms with van der Waals surface area (Å²) in [6.07, 6.45) is 1.48. The fourth-order valence-corrected chi connectivity index (χ4v) is 4.18. The molecule has 0 spiro atoms. The molecule has 4 rings (SSSR count). The number of hydrogen-bond acceptors (Lipinski definition) is 8. The Morgan fingerprint density at radius 3 is 2.54 bits per heavy atom. The molecule has 8 nitrogen and oxygen atoms in total. The van der Waals surface area contributed by atoms with Crippen molar-refractivity contribution < 1.29 is 24.6 Å². The van der Waals surface area contributed by atoms with E-state index in [2.05, 4.69) is 22.3 Å². The number of phenols is 2. The zero-order valence-electron chi connectivity index (χ0n) is 20.8. The summed E-state index contributed by atoms with van der Waals surface area (Å²) in [6, 6.07) is 8.95. The third kappa shape index (κ3) is 5.90. The van der Waals surface area contributed by atoms with Crippen LogP contribution in [0.1, 0.15) is 53.9 Å². The molecule has 0 saturated heterocycles. The quantitative estimate of drug-likeness (QED) is 0.375. The van der Waals surface area contributed by atoms with Gasteiger partial charge in [-0.1, -0.05) is 44.1 Å². The number of β-amino-alcohol motifs (C(OH)–C–C–N with tert-alkyl or cyclic N) is 1. The summed E-state index contributed by atoms with van der Waals surface area (Å²) in [5, 5.41) is 36.7. The molecule has 0 unspecified atom stereocenters. The van der Waals surface area contributed by atoms with E-state index < -0.39 is 0 Å². The highest BCUT2D eigenvalue weighted by Gasteiger charge is 2.25. The summed E-state index contributed by atoms with van der Waals surface area (Å²) >= 11 is 0. The Labute approximate surface area is 206 Å². The average Bonchev–Trinajstić information content (AvgIpc) is 3.27. The Morgan fingerprint density at radius 1 is 1.17 bits per heavy atom. The van der Waals surface area contributed by atoms with Crippen LogP contribution in [0.15, 0.2) is 34.9 Å². The Bertz CT molecular complexity index is 1150. The Kier molecular flexibility index (Phi) is 9.03. The highest BCUT2D eigenvalue weighted by Crippen LogP contribution is 2.43. The number of phenolic OH excluding ortho intramolecular Hbond substituents is 2. The third-order valence-electron chi connectivity index (χ3n) is 6.20. The molecule has 2 aromatic carbocycles. The summed E-state index contributed by atoms with van der Waals surface area (Å²) in [7, 11) is 1.93. The van der Waals surface area contributed by atoms with Gasteiger partial charge in [0.2, 0.25) is 0 Å². The van der Waals surface area contributed by atoms with E-state index in [4.69, 9.17) is 4.52 Å². The first kappa shape index (κ1) is 26.4. The summed E-state index contributed by atoms with van der Waals surface area (Å²) in [5.41, 5.74) is 4.86. The van der Waals surface area contributed by atoms with Crippen LogP contribution in [0.5, 0.6) is 11.5 Å². The average molecular weight is 482 g/mol. The number of aliphatic hydroxyl groups is 1. The van der Waals surface area contributed by atoms with E-state index in [1.807, 2.05) is 39.1 Å². The number of fused-ring (bicyclic) bond motifs is 1. The van der Waals surface area contributed by atoms with E-state index in [1.54, 1.807) is 6.07 Å². The fourth-order valence-electron chi connectivity index (χ4n) is 4.18. The first-order valence-electron chi connectivity index (χ1n) is 12.0. The number of benzene rings is 2. The highest BCUT2D eigenvalue weighted by molar-refractivity contribution is 5.93. The highest BCUT2D eigenvalue weighted by atomic mass is 16.5. The van der Waals surface area contributed by atoms with Crippen LogP contribution in [0, 0.1) is 0 Å². The van der Waals surface area contributed by atoms with Crippen molar-refractivity contribution in [2.24, 2.45) is 0 Å². The van der Waals surface area contributed by atoms with Crippen LogP contribution in [0.2, 0.25) is 0 Å². The molecular formula is C27H35N3O5. The van der Waals surface area contributed by atoms with Crippen LogP contribution in [-0.2, 0) is 13.0 Å². The van der Waals surface area contributed by atoms with Gasteiger partial charge in [0, 0.05) is 25.7 Å². The maximum Gasteiger partial charge on any atom is 0.179 e. The predicted octanol–water partition coefficient (Wildman–Crippen LogP) is 3.93. The van der Waals surface area contributed by atoms with Crippen LogP contribution < -0.4 is 5.32 Å². The van der Waals surface area contributed by atoms with Gasteiger partial charge in [0.25, 0.3) is 0 Å². The van der Waals surface area contributed by atoms with Gasteiger partial charge in [0.05, 0.1) is 17.7 Å². The summed E-state index contributed by atoms with van der Waals surface area (Å²) in [6.45, 7) is 9.42. The molecule has 1 aromatic heterocycles. The molecule has 1 aliphatic rings. The number of aldehydes is 1. The number of aromatic hydroxyl groups is 2. The van der Waals surface area contributed by atoms with E-state index in [9.17, 15) is 20.1 Å². The molecule has 2 heterocycles. The van der Waals surface area contributed by atoms with Gasteiger partial charge in [-0.2, -0.15) is 0 Å². The fraction of sp³-hybridized carbons (Fsp3) is 0.407. The second-order valence-electron chi connectivity index (χ2n) is 8.91. The summed E-state index contributed by atoms with van der Waals surface area (Å²) in [5.74, 6) is 0.185. The second kappa shape index (κ2) is 12.0. The molecule has 0 atom stereocenters. The van der Waals surface area contributed by atoms with Gasteiger partial charge in [-0.25, -0.2) is 0 Å². The zero-order valence-corrected chi connectivity index (χ0v) is 20.8. The number of carbonyl (C=O) groups is 1. The van der Waals surface area contributed by atoms with Crippen molar-refractivity contribution in [3.63, 3.8) is 0 Å². The van der Waals surface area contributed by atoms with Crippen molar-refractivity contribution in [2.75, 3.05) is 33.3 Å². The molecule has 0 fully saturated rings. The lowest BCUT2D eigenvalue weighted by atomic mass is 9.91. The maximum atomic E-state index is 11.7. The smallest absolute Gasteiger partial charge is 0.179 e. The number of carbonyl (C=O) groups excluding carboxylic acids is 1. The van der Waals surface area contributed by atoms with Crippen molar-refractivity contribution in [1.82, 2.24) is 15.4 Å². The molecule has 0 radical (unpaired) electrons. The molecule has 0 amide bonds. The number of aliphatic hydroxyl groups excluding tert-OH is 1. The molecule has 8 heteroatoms. The van der Waals surface area contributed by atoms with Gasteiger partial charge >= 0.3 is 0 Å². The van der Waals surface area contributed by atoms with Gasteiger partial charge in [0.1, 0.15) is 11.5 Å². The molecule has 3 aromatic rings. The van der Waals surface area contributed by atoms with Crippen molar-refractivity contribution in [1.29, 1.82) is 0 Å². The Hall–Kier alpha value is -3.20. The SMILES string of the molecule is CC(C)c1cc(-c2onc(C=O)c2-c2ccc3c(c2)CCN(CCO)C3)c(O)cc1O.CCNC. The zero-order chi connectivity index (χ0) is 25.5. The molecule has 0 saturated carbocycles. The standard InChI is InChI=1S/C24H26N2O5.C3H9N/c1-14(2)18-10-19(22(30)11-21(18)29)24-23(20(13-28)25-31-24)16-3-4-17-12-26(7-8-27)6-5-15(17)9-16;1-3-4-2/h3-4,9-11,13-14,27,29-30H,5-8,12H2,1-2H3;4H,3H2,1-2H3. The van der Waals surface area contributed by atoms with Gasteiger partial charge in [0.15, 0.2) is 17.7 Å². The number of hydrogen-bond donors (Lipinski definition) is 4. The molecule has 188 valence electrons. The Morgan fingerprint density at radius 2 is 1.91 bits per heavy atom. The normalized spacial score (nSPS) is 13.3. The first-order chi connectivity index (χ1) is 16.8. The summed E-state index contributed by atoms with van der Waals surface area (Å²) in [4.78, 5) is 13.9. The van der Waals surface area contributed by atoms with Crippen LogP contribution in [0.25, 0.3) is 22.5 Å². The number of rotatable bonds is 7. The van der Waals surface area contributed by atoms with Crippen molar-refractivity contribution in [3.8, 4) is 33.9 Å². The van der Waals surface area contributed by atoms with E-state index >= 15 is 0 Å². The van der Waals surface area contributed by atoms with Crippen LogP contribution in [0.3, 0.4) is 0 Å². The third-order valence-corrected chi connectivity index (χ3v) is 6.20. The largest absolute Gasteiger partial charge is 0.508 e. The lowest BCUT2D eigenvalue weighted by Crippen LogP contribution is -2.32. The van der Waals surface area contributed by atoms with Gasteiger partial charge in [-0.3, -0.25) is 9.69 Å². The van der Waals surface area contributed by atoms with Gasteiger partial charge in [-0.15, -0.1) is 0 Å². The van der Waals surface area contributed by atoms with E-state index in [-0.39, 0.29) is 29.7 Å². The first-order valence-corrected chi connectivity index (χ1v) is 12.0. The number of nitrogens with zero attached hydrogens (tertiary/aromatic N) is 2. The topological polar surface area (TPSA) is 119 Å². The monoisotopic (exact) mass is 481 g/mol. The van der Waals surface area contributed by atoms with E-state index in [1.165, 1.54) is 17.2 Å². The second-order valence-corrected chi connectivity index (χ2v) is 8.91. The molecule has 1 aliphatic heterocycles. The lowest BCUT2D eigenvalue weighted by molar-refractivity contribution is 0.111. The van der Waals surface area contributed by atoms with Crippen molar-refractivity contribution >= 4 is 6.29 Å². The predicted molar refractivity (Wildman–Crippen MR) is 136 cm³/mol. The van der Waals surface area contributed by atoms with Gasteiger partial charge < -0.3 is 25.2 Å². The molecular weight excluding hydrogens is 446 g/mol. The Balaban J connectivity index is 0.000000795. The minimum absolute atomic E-state index is 0.00846. The molecule has 0 aliphatic carbocycles. The molecule has 4 N–H and O–H groups in total. The van der Waals surface area contributed by atoms with Crippen LogP contribution >= 0.6 is 0 Å². The van der Waals surface area contributed by atoms with Crippen molar-refractivity contribution in [2.45, 2.75) is 39.7 Å². The van der Waals surface area contributed by atoms with E-state index in [0.717, 1.165) is 31.6 Å². The molecule has 35 heavy (non-hydrogen) atoms. The van der Waals surface area contributed by atoms with Crippen LogP contribution in [0.4, 0.5) is 0 Å². The van der Waals surface area contributed by atoms with Gasteiger partial charge in [-0.05, 0) is 54.3 Å².